The maximum Gasteiger partial charge on any atom is 0.254 e. The van der Waals surface area contributed by atoms with Gasteiger partial charge < -0.3 is 15.4 Å². The Hall–Kier alpha value is -1.59. The van der Waals surface area contributed by atoms with Gasteiger partial charge in [0.25, 0.3) is 5.91 Å². The maximum absolute atomic E-state index is 12.7. The molecular formula is C16H25N3O2. The Kier molecular flexibility index (Phi) is 5.59. The van der Waals surface area contributed by atoms with Crippen molar-refractivity contribution >= 4 is 11.6 Å². The number of carbonyl (C=O) groups excluding carboxylic acids is 1. The third kappa shape index (κ3) is 4.19. The fourth-order valence-corrected chi connectivity index (χ4v) is 2.66. The fraction of sp³-hybridized carbons (Fsp3) is 0.562. The van der Waals surface area contributed by atoms with E-state index in [9.17, 15) is 4.79 Å². The number of amides is 1. The molecule has 1 amide bonds. The van der Waals surface area contributed by atoms with Crippen molar-refractivity contribution in [2.45, 2.75) is 13.3 Å². The summed E-state index contributed by atoms with van der Waals surface area (Å²) in [5, 5.41) is 0. The summed E-state index contributed by atoms with van der Waals surface area (Å²) in [5.41, 5.74) is 8.15. The van der Waals surface area contributed by atoms with Crippen molar-refractivity contribution in [3.8, 4) is 0 Å². The number of methoxy groups -OCH3 is 1. The standard InChI is InChI=1S/C16H25N3O2/c1-13-4-5-14(17)12-15(13)16(20)19-7-3-6-18(8-9-19)10-11-21-2/h4-5,12H,3,6-11,17H2,1-2H3. The number of nitrogens with two attached hydrogens (primary N) is 1. The van der Waals surface area contributed by atoms with Crippen LogP contribution in [0.25, 0.3) is 0 Å². The highest BCUT2D eigenvalue weighted by Crippen LogP contribution is 2.16. The Balaban J connectivity index is 2.01. The lowest BCUT2D eigenvalue weighted by atomic mass is 10.1. The zero-order chi connectivity index (χ0) is 15.2. The second kappa shape index (κ2) is 7.43. The van der Waals surface area contributed by atoms with Gasteiger partial charge in [0.15, 0.2) is 0 Å². The van der Waals surface area contributed by atoms with E-state index in [0.29, 0.717) is 5.69 Å². The first-order chi connectivity index (χ1) is 10.1. The van der Waals surface area contributed by atoms with Crippen molar-refractivity contribution in [2.24, 2.45) is 0 Å². The molecule has 21 heavy (non-hydrogen) atoms. The number of hydrogen-bond acceptors (Lipinski definition) is 4. The predicted molar refractivity (Wildman–Crippen MR) is 84.4 cm³/mol. The van der Waals surface area contributed by atoms with Gasteiger partial charge in [0.1, 0.15) is 0 Å². The van der Waals surface area contributed by atoms with E-state index in [1.54, 1.807) is 13.2 Å². The third-order valence-electron chi connectivity index (χ3n) is 3.98. The second-order valence-corrected chi connectivity index (χ2v) is 5.55. The Morgan fingerprint density at radius 1 is 1.29 bits per heavy atom. The van der Waals surface area contributed by atoms with E-state index in [4.69, 9.17) is 10.5 Å². The van der Waals surface area contributed by atoms with Crippen LogP contribution in [0.3, 0.4) is 0 Å². The summed E-state index contributed by atoms with van der Waals surface area (Å²) in [6, 6.07) is 5.53. The van der Waals surface area contributed by atoms with Crippen LogP contribution in [0, 0.1) is 6.92 Å². The number of nitrogen functional groups attached to an aromatic ring is 1. The van der Waals surface area contributed by atoms with Crippen LogP contribution in [-0.4, -0.2) is 62.1 Å². The van der Waals surface area contributed by atoms with Crippen molar-refractivity contribution in [1.82, 2.24) is 9.80 Å². The Labute approximate surface area is 126 Å². The lowest BCUT2D eigenvalue weighted by Crippen LogP contribution is -2.36. The molecule has 1 fully saturated rings. The minimum atomic E-state index is 0.0911. The van der Waals surface area contributed by atoms with Gasteiger partial charge in [-0.2, -0.15) is 0 Å². The number of ether oxygens (including phenoxy) is 1. The Morgan fingerprint density at radius 2 is 2.10 bits per heavy atom. The number of carbonyl (C=O) groups is 1. The van der Waals surface area contributed by atoms with Crippen molar-refractivity contribution in [1.29, 1.82) is 0 Å². The molecule has 1 aromatic rings. The SMILES string of the molecule is COCCN1CCCN(C(=O)c2cc(N)ccc2C)CC1. The van der Waals surface area contributed by atoms with Crippen LogP contribution in [0.1, 0.15) is 22.3 Å². The number of rotatable bonds is 4. The molecule has 1 aliphatic rings. The van der Waals surface area contributed by atoms with Gasteiger partial charge in [0, 0.05) is 44.5 Å². The van der Waals surface area contributed by atoms with Crippen LogP contribution in [0.5, 0.6) is 0 Å². The number of aryl methyl sites for hydroxylation is 1. The Morgan fingerprint density at radius 3 is 2.86 bits per heavy atom. The van der Waals surface area contributed by atoms with E-state index in [0.717, 1.165) is 56.9 Å². The molecule has 0 bridgehead atoms. The second-order valence-electron chi connectivity index (χ2n) is 5.55. The molecule has 1 aliphatic heterocycles. The first-order valence-corrected chi connectivity index (χ1v) is 7.48. The average Bonchev–Trinajstić information content (AvgIpc) is 2.72. The summed E-state index contributed by atoms with van der Waals surface area (Å²) in [4.78, 5) is 17.0. The van der Waals surface area contributed by atoms with Gasteiger partial charge in [0.2, 0.25) is 0 Å². The van der Waals surface area contributed by atoms with Crippen LogP contribution in [0.4, 0.5) is 5.69 Å². The normalized spacial score (nSPS) is 16.8. The van der Waals surface area contributed by atoms with Crippen LogP contribution in [0.2, 0.25) is 0 Å². The highest BCUT2D eigenvalue weighted by atomic mass is 16.5. The van der Waals surface area contributed by atoms with Gasteiger partial charge in [0.05, 0.1) is 6.61 Å². The first kappa shape index (κ1) is 15.8. The molecule has 0 saturated carbocycles. The topological polar surface area (TPSA) is 58.8 Å². The third-order valence-corrected chi connectivity index (χ3v) is 3.98. The molecule has 2 N–H and O–H groups in total. The summed E-state index contributed by atoms with van der Waals surface area (Å²) >= 11 is 0. The van der Waals surface area contributed by atoms with E-state index in [-0.39, 0.29) is 5.91 Å². The lowest BCUT2D eigenvalue weighted by molar-refractivity contribution is 0.0758. The molecule has 0 atom stereocenters. The van der Waals surface area contributed by atoms with Gasteiger partial charge in [-0.15, -0.1) is 0 Å². The molecule has 0 aliphatic carbocycles. The zero-order valence-corrected chi connectivity index (χ0v) is 13.0. The molecule has 116 valence electrons. The summed E-state index contributed by atoms with van der Waals surface area (Å²) in [6.45, 7) is 7.10. The van der Waals surface area contributed by atoms with Gasteiger partial charge in [-0.05, 0) is 37.6 Å². The number of anilines is 1. The van der Waals surface area contributed by atoms with E-state index in [1.807, 2.05) is 24.0 Å². The van der Waals surface area contributed by atoms with Gasteiger partial charge >= 0.3 is 0 Å². The first-order valence-electron chi connectivity index (χ1n) is 7.48. The van der Waals surface area contributed by atoms with Gasteiger partial charge in [-0.1, -0.05) is 6.07 Å². The monoisotopic (exact) mass is 291 g/mol. The average molecular weight is 291 g/mol. The van der Waals surface area contributed by atoms with Crippen molar-refractivity contribution in [3.05, 3.63) is 29.3 Å². The highest BCUT2D eigenvalue weighted by molar-refractivity contribution is 5.96. The van der Waals surface area contributed by atoms with E-state index >= 15 is 0 Å². The summed E-state index contributed by atoms with van der Waals surface area (Å²) in [7, 11) is 1.72. The molecule has 5 heteroatoms. The van der Waals surface area contributed by atoms with E-state index in [1.165, 1.54) is 0 Å². The number of nitrogens with zero attached hydrogens (tertiary/aromatic N) is 2. The molecule has 0 radical (unpaired) electrons. The largest absolute Gasteiger partial charge is 0.399 e. The molecule has 0 spiro atoms. The molecule has 0 aromatic heterocycles. The predicted octanol–water partition coefficient (Wildman–Crippen LogP) is 1.37. The number of benzene rings is 1. The van der Waals surface area contributed by atoms with Crippen LogP contribution < -0.4 is 5.73 Å². The minimum absolute atomic E-state index is 0.0911. The molecule has 1 heterocycles. The highest BCUT2D eigenvalue weighted by Gasteiger charge is 2.21. The lowest BCUT2D eigenvalue weighted by Gasteiger charge is -2.22. The van der Waals surface area contributed by atoms with Crippen LogP contribution in [-0.2, 0) is 4.74 Å². The summed E-state index contributed by atoms with van der Waals surface area (Å²) < 4.78 is 5.12. The smallest absolute Gasteiger partial charge is 0.254 e. The molecular weight excluding hydrogens is 266 g/mol. The Bertz CT molecular complexity index is 490. The van der Waals surface area contributed by atoms with E-state index in [2.05, 4.69) is 4.90 Å². The van der Waals surface area contributed by atoms with E-state index < -0.39 is 0 Å². The molecule has 1 aromatic carbocycles. The van der Waals surface area contributed by atoms with Gasteiger partial charge in [-0.3, -0.25) is 9.69 Å². The van der Waals surface area contributed by atoms with Crippen LogP contribution >= 0.6 is 0 Å². The van der Waals surface area contributed by atoms with Crippen LogP contribution in [0.15, 0.2) is 18.2 Å². The summed E-state index contributed by atoms with van der Waals surface area (Å²) in [6.07, 6.45) is 0.997. The zero-order valence-electron chi connectivity index (χ0n) is 13.0. The fourth-order valence-electron chi connectivity index (χ4n) is 2.66. The molecule has 5 nitrogen and oxygen atoms in total. The maximum atomic E-state index is 12.7. The molecule has 1 saturated heterocycles. The minimum Gasteiger partial charge on any atom is -0.399 e. The summed E-state index contributed by atoms with van der Waals surface area (Å²) in [5.74, 6) is 0.0911. The molecule has 2 rings (SSSR count). The molecule has 0 unspecified atom stereocenters. The van der Waals surface area contributed by atoms with Crippen molar-refractivity contribution in [3.63, 3.8) is 0 Å². The number of hydrogen-bond donors (Lipinski definition) is 1. The van der Waals surface area contributed by atoms with Crippen molar-refractivity contribution in [2.75, 3.05) is 52.2 Å². The van der Waals surface area contributed by atoms with Gasteiger partial charge in [-0.25, -0.2) is 0 Å². The van der Waals surface area contributed by atoms with Crippen molar-refractivity contribution < 1.29 is 9.53 Å². The quantitative estimate of drug-likeness (QED) is 0.851.